The Kier molecular flexibility index (Phi) is 3.21. The monoisotopic (exact) mass is 257 g/mol. The zero-order valence-electron chi connectivity index (χ0n) is 8.36. The summed E-state index contributed by atoms with van der Waals surface area (Å²) in [4.78, 5) is 11.7. The number of nitrogens with zero attached hydrogens (tertiary/aromatic N) is 2. The Morgan fingerprint density at radius 3 is 3.06 bits per heavy atom. The zero-order chi connectivity index (χ0) is 11.5. The van der Waals surface area contributed by atoms with E-state index in [9.17, 15) is 4.79 Å². The number of anilines is 1. The van der Waals surface area contributed by atoms with Gasteiger partial charge in [-0.05, 0) is 13.0 Å². The number of aromatic nitrogens is 2. The number of carbonyl (C=O) groups excluding carboxylic acids is 1. The number of amides is 1. The normalized spacial score (nSPS) is 10.4. The molecule has 1 amide bonds. The number of aryl methyl sites for hydroxylation is 1. The third kappa shape index (κ3) is 2.23. The van der Waals surface area contributed by atoms with Crippen molar-refractivity contribution in [3.05, 3.63) is 28.7 Å². The summed E-state index contributed by atoms with van der Waals surface area (Å²) in [5, 5.41) is 10.3. The number of carbonyl (C=O) groups is 1. The van der Waals surface area contributed by atoms with Gasteiger partial charge in [-0.25, -0.2) is 0 Å². The highest BCUT2D eigenvalue weighted by Crippen LogP contribution is 2.18. The molecule has 0 aliphatic carbocycles. The highest BCUT2D eigenvalue weighted by Gasteiger charge is 2.14. The van der Waals surface area contributed by atoms with E-state index >= 15 is 0 Å². The molecule has 84 valence electrons. The quantitative estimate of drug-likeness (QED) is 0.858. The van der Waals surface area contributed by atoms with E-state index in [1.165, 1.54) is 16.8 Å². The smallest absolute Gasteiger partial charge is 0.293 e. The third-order valence-corrected chi connectivity index (χ3v) is 2.86. The second-order valence-corrected chi connectivity index (χ2v) is 4.12. The molecule has 16 heavy (non-hydrogen) atoms. The van der Waals surface area contributed by atoms with Crippen LogP contribution in [0.15, 0.2) is 16.0 Å². The van der Waals surface area contributed by atoms with Crippen molar-refractivity contribution < 1.29 is 9.21 Å². The number of nitrogens with one attached hydrogen (secondary N) is 1. The van der Waals surface area contributed by atoms with Crippen molar-refractivity contribution in [2.45, 2.75) is 12.8 Å². The van der Waals surface area contributed by atoms with Gasteiger partial charge in [-0.2, -0.15) is 0 Å². The summed E-state index contributed by atoms with van der Waals surface area (Å²) in [6, 6.07) is 1.62. The molecule has 7 heteroatoms. The van der Waals surface area contributed by atoms with E-state index in [4.69, 9.17) is 16.0 Å². The molecular weight excluding hydrogens is 250 g/mol. The Bertz CT molecular complexity index is 495. The van der Waals surface area contributed by atoms with Crippen LogP contribution < -0.4 is 5.32 Å². The van der Waals surface area contributed by atoms with Crippen LogP contribution in [0, 0.1) is 6.92 Å². The van der Waals surface area contributed by atoms with Gasteiger partial charge in [0.15, 0.2) is 5.76 Å². The van der Waals surface area contributed by atoms with Gasteiger partial charge in [0, 0.05) is 5.56 Å². The fourth-order valence-electron chi connectivity index (χ4n) is 1.15. The molecule has 0 radical (unpaired) electrons. The van der Waals surface area contributed by atoms with Gasteiger partial charge in [0.2, 0.25) is 5.13 Å². The predicted octanol–water partition coefficient (Wildman–Crippen LogP) is 2.43. The molecule has 0 aromatic carbocycles. The number of hydrogen-bond acceptors (Lipinski definition) is 5. The van der Waals surface area contributed by atoms with Gasteiger partial charge < -0.3 is 4.42 Å². The average Bonchev–Trinajstić information content (AvgIpc) is 2.87. The van der Waals surface area contributed by atoms with Crippen LogP contribution >= 0.6 is 22.9 Å². The predicted molar refractivity (Wildman–Crippen MR) is 60.9 cm³/mol. The molecule has 2 heterocycles. The highest BCUT2D eigenvalue weighted by atomic mass is 35.5. The molecule has 5 nitrogen and oxygen atoms in total. The van der Waals surface area contributed by atoms with Crippen LogP contribution in [0.3, 0.4) is 0 Å². The lowest BCUT2D eigenvalue weighted by Crippen LogP contribution is -2.10. The minimum Gasteiger partial charge on any atom is -0.456 e. The lowest BCUT2D eigenvalue weighted by atomic mass is 10.3. The Morgan fingerprint density at radius 1 is 1.69 bits per heavy atom. The lowest BCUT2D eigenvalue weighted by molar-refractivity contribution is 0.0995. The van der Waals surface area contributed by atoms with Gasteiger partial charge in [-0.3, -0.25) is 10.1 Å². The first-order chi connectivity index (χ1) is 7.70. The van der Waals surface area contributed by atoms with Gasteiger partial charge in [-0.15, -0.1) is 21.8 Å². The van der Waals surface area contributed by atoms with Crippen molar-refractivity contribution in [2.24, 2.45) is 0 Å². The Balaban J connectivity index is 2.15. The van der Waals surface area contributed by atoms with Crippen LogP contribution in [0.4, 0.5) is 5.13 Å². The number of halogens is 1. The summed E-state index contributed by atoms with van der Waals surface area (Å²) in [5.74, 6) is 0.846. The molecule has 0 atom stereocenters. The molecule has 0 aliphatic heterocycles. The molecule has 0 bridgehead atoms. The molecule has 0 aliphatic rings. The van der Waals surface area contributed by atoms with Gasteiger partial charge >= 0.3 is 0 Å². The second-order valence-electron chi connectivity index (χ2n) is 3.02. The van der Waals surface area contributed by atoms with Gasteiger partial charge in [0.05, 0.1) is 5.88 Å². The van der Waals surface area contributed by atoms with Crippen LogP contribution in [0.5, 0.6) is 0 Å². The summed E-state index contributed by atoms with van der Waals surface area (Å²) in [7, 11) is 0. The zero-order valence-corrected chi connectivity index (χ0v) is 9.93. The minimum absolute atomic E-state index is 0.225. The van der Waals surface area contributed by atoms with Crippen LogP contribution in [0.25, 0.3) is 0 Å². The van der Waals surface area contributed by atoms with Crippen molar-refractivity contribution >= 4 is 34.0 Å². The first-order valence-corrected chi connectivity index (χ1v) is 5.85. The summed E-state index contributed by atoms with van der Waals surface area (Å²) >= 11 is 6.92. The standard InChI is InChI=1S/C9H8ClN3O2S/c1-5-6(3-10)2-7(15-5)8(14)12-9-13-11-4-16-9/h2,4H,3H2,1H3,(H,12,13,14). The van der Waals surface area contributed by atoms with E-state index in [1.807, 2.05) is 0 Å². The summed E-state index contributed by atoms with van der Waals surface area (Å²) in [6.45, 7) is 1.76. The van der Waals surface area contributed by atoms with Crippen LogP contribution in [-0.2, 0) is 5.88 Å². The second kappa shape index (κ2) is 4.63. The van der Waals surface area contributed by atoms with Crippen molar-refractivity contribution in [1.82, 2.24) is 10.2 Å². The first kappa shape index (κ1) is 11.1. The lowest BCUT2D eigenvalue weighted by Gasteiger charge is -1.95. The molecular formula is C9H8ClN3O2S. The molecule has 2 aromatic rings. The summed E-state index contributed by atoms with van der Waals surface area (Å²) in [6.07, 6.45) is 0. The Hall–Kier alpha value is -1.40. The number of hydrogen-bond donors (Lipinski definition) is 1. The SMILES string of the molecule is Cc1oc(C(=O)Nc2nncs2)cc1CCl. The van der Waals surface area contributed by atoms with E-state index in [1.54, 1.807) is 13.0 Å². The largest absolute Gasteiger partial charge is 0.456 e. The maximum absolute atomic E-state index is 11.7. The van der Waals surface area contributed by atoms with Gasteiger partial charge in [0.1, 0.15) is 11.3 Å². The van der Waals surface area contributed by atoms with Crippen LogP contribution in [0.1, 0.15) is 21.9 Å². The Morgan fingerprint density at radius 2 is 2.50 bits per heavy atom. The summed E-state index contributed by atoms with van der Waals surface area (Å²) < 4.78 is 5.28. The molecule has 2 aromatic heterocycles. The maximum atomic E-state index is 11.7. The van der Waals surface area contributed by atoms with E-state index < -0.39 is 0 Å². The molecule has 0 saturated carbocycles. The third-order valence-electron chi connectivity index (χ3n) is 1.97. The molecule has 0 saturated heterocycles. The first-order valence-electron chi connectivity index (χ1n) is 4.43. The van der Waals surface area contributed by atoms with Crippen molar-refractivity contribution in [1.29, 1.82) is 0 Å². The number of furan rings is 1. The van der Waals surface area contributed by atoms with E-state index in [0.717, 1.165) is 5.56 Å². The molecule has 0 unspecified atom stereocenters. The van der Waals surface area contributed by atoms with Crippen LogP contribution in [0.2, 0.25) is 0 Å². The molecule has 0 fully saturated rings. The van der Waals surface area contributed by atoms with Gasteiger partial charge in [-0.1, -0.05) is 11.3 Å². The fourth-order valence-corrected chi connectivity index (χ4v) is 1.86. The fraction of sp³-hybridized carbons (Fsp3) is 0.222. The van der Waals surface area contributed by atoms with Crippen molar-refractivity contribution in [2.75, 3.05) is 5.32 Å². The Labute approximate surface area is 100 Å². The number of rotatable bonds is 3. The molecule has 1 N–H and O–H groups in total. The molecule has 2 rings (SSSR count). The number of alkyl halides is 1. The molecule has 0 spiro atoms. The van der Waals surface area contributed by atoms with Crippen molar-refractivity contribution in [3.8, 4) is 0 Å². The van der Waals surface area contributed by atoms with Crippen molar-refractivity contribution in [3.63, 3.8) is 0 Å². The maximum Gasteiger partial charge on any atom is 0.293 e. The van der Waals surface area contributed by atoms with E-state index in [2.05, 4.69) is 15.5 Å². The average molecular weight is 258 g/mol. The topological polar surface area (TPSA) is 68.0 Å². The van der Waals surface area contributed by atoms with Gasteiger partial charge in [0.25, 0.3) is 5.91 Å². The highest BCUT2D eigenvalue weighted by molar-refractivity contribution is 7.13. The van der Waals surface area contributed by atoms with E-state index in [0.29, 0.717) is 16.8 Å². The summed E-state index contributed by atoms with van der Waals surface area (Å²) in [5.41, 5.74) is 2.34. The van der Waals surface area contributed by atoms with Crippen LogP contribution in [-0.4, -0.2) is 16.1 Å². The van der Waals surface area contributed by atoms with E-state index in [-0.39, 0.29) is 11.7 Å². The minimum atomic E-state index is -0.351.